The van der Waals surface area contributed by atoms with E-state index in [0.717, 1.165) is 25.5 Å². The zero-order valence-corrected chi connectivity index (χ0v) is 12.6. The van der Waals surface area contributed by atoms with E-state index in [1.54, 1.807) is 6.92 Å². The third kappa shape index (κ3) is 3.99. The maximum absolute atomic E-state index is 12.2. The van der Waals surface area contributed by atoms with Crippen molar-refractivity contribution in [2.45, 2.75) is 37.2 Å². The Morgan fingerprint density at radius 2 is 2.24 bits per heavy atom. The molecule has 8 heteroatoms. The van der Waals surface area contributed by atoms with Crippen molar-refractivity contribution in [3.8, 4) is 0 Å². The van der Waals surface area contributed by atoms with Gasteiger partial charge in [-0.05, 0) is 31.7 Å². The quantitative estimate of drug-likeness (QED) is 0.637. The normalized spacial score (nSPS) is 18.8. The topological polar surface area (TPSA) is 98.5 Å². The average Bonchev–Trinajstić information content (AvgIpc) is 2.91. The lowest BCUT2D eigenvalue weighted by Crippen LogP contribution is -2.27. The predicted octanol–water partition coefficient (Wildman–Crippen LogP) is 1.75. The fraction of sp³-hybridized carbons (Fsp3) is 0.538. The SMILES string of the molecule is Cc1ccc([N+](=O)[O-])cc1S(=O)(=O)NCC[C@H]1CCCO1. The lowest BCUT2D eigenvalue weighted by Gasteiger charge is -2.11. The summed E-state index contributed by atoms with van der Waals surface area (Å²) in [7, 11) is -3.75. The molecule has 0 aromatic heterocycles. The summed E-state index contributed by atoms with van der Waals surface area (Å²) in [5, 5.41) is 10.8. The first-order chi connectivity index (χ1) is 9.90. The van der Waals surface area contributed by atoms with Crippen LogP contribution < -0.4 is 4.72 Å². The highest BCUT2D eigenvalue weighted by molar-refractivity contribution is 7.89. The molecule has 0 bridgehead atoms. The molecule has 0 aliphatic carbocycles. The molecule has 7 nitrogen and oxygen atoms in total. The molecule has 0 radical (unpaired) electrons. The van der Waals surface area contributed by atoms with Crippen LogP contribution in [0.25, 0.3) is 0 Å². The third-order valence-electron chi connectivity index (χ3n) is 3.45. The lowest BCUT2D eigenvalue weighted by atomic mass is 10.2. The molecule has 1 aliphatic rings. The van der Waals surface area contributed by atoms with Crippen LogP contribution >= 0.6 is 0 Å². The van der Waals surface area contributed by atoms with Gasteiger partial charge in [-0.3, -0.25) is 10.1 Å². The minimum Gasteiger partial charge on any atom is -0.378 e. The average molecular weight is 314 g/mol. The maximum Gasteiger partial charge on any atom is 0.270 e. The van der Waals surface area contributed by atoms with Crippen LogP contribution in [0, 0.1) is 17.0 Å². The summed E-state index contributed by atoms with van der Waals surface area (Å²) in [5.41, 5.74) is 0.241. The molecule has 1 heterocycles. The van der Waals surface area contributed by atoms with Gasteiger partial charge in [0.05, 0.1) is 15.9 Å². The van der Waals surface area contributed by atoms with Gasteiger partial charge in [0.1, 0.15) is 0 Å². The number of hydrogen-bond donors (Lipinski definition) is 1. The van der Waals surface area contributed by atoms with Crippen molar-refractivity contribution >= 4 is 15.7 Å². The Morgan fingerprint density at radius 1 is 1.48 bits per heavy atom. The highest BCUT2D eigenvalue weighted by Gasteiger charge is 2.21. The van der Waals surface area contributed by atoms with E-state index in [9.17, 15) is 18.5 Å². The number of ether oxygens (including phenoxy) is 1. The summed E-state index contributed by atoms with van der Waals surface area (Å²) in [4.78, 5) is 10.1. The van der Waals surface area contributed by atoms with Crippen molar-refractivity contribution in [2.24, 2.45) is 0 Å². The Hall–Kier alpha value is -1.51. The van der Waals surface area contributed by atoms with E-state index in [-0.39, 0.29) is 23.2 Å². The van der Waals surface area contributed by atoms with Gasteiger partial charge in [0.15, 0.2) is 0 Å². The van der Waals surface area contributed by atoms with Crippen LogP contribution in [0.5, 0.6) is 0 Å². The molecule has 1 aliphatic heterocycles. The second kappa shape index (κ2) is 6.50. The molecule has 1 saturated heterocycles. The van der Waals surface area contributed by atoms with Gasteiger partial charge >= 0.3 is 0 Å². The molecule has 0 saturated carbocycles. The Labute approximate surface area is 123 Å². The highest BCUT2D eigenvalue weighted by atomic mass is 32.2. The summed E-state index contributed by atoms with van der Waals surface area (Å²) in [6.07, 6.45) is 2.64. The van der Waals surface area contributed by atoms with Crippen molar-refractivity contribution in [1.29, 1.82) is 0 Å². The van der Waals surface area contributed by atoms with E-state index >= 15 is 0 Å². The molecule has 1 aromatic rings. The Morgan fingerprint density at radius 3 is 2.86 bits per heavy atom. The van der Waals surface area contributed by atoms with Crippen LogP contribution in [0.4, 0.5) is 5.69 Å². The van der Waals surface area contributed by atoms with E-state index in [4.69, 9.17) is 4.74 Å². The van der Waals surface area contributed by atoms with E-state index < -0.39 is 14.9 Å². The molecule has 21 heavy (non-hydrogen) atoms. The largest absolute Gasteiger partial charge is 0.378 e. The first-order valence-corrected chi connectivity index (χ1v) is 8.25. The molecule has 1 N–H and O–H groups in total. The number of non-ortho nitro benzene ring substituents is 1. The van der Waals surface area contributed by atoms with Crippen molar-refractivity contribution < 1.29 is 18.1 Å². The summed E-state index contributed by atoms with van der Waals surface area (Å²) < 4.78 is 32.4. The molecule has 0 spiro atoms. The van der Waals surface area contributed by atoms with E-state index in [1.165, 1.54) is 12.1 Å². The van der Waals surface area contributed by atoms with Crippen LogP contribution in [0.15, 0.2) is 23.1 Å². The van der Waals surface area contributed by atoms with Crippen LogP contribution in [-0.2, 0) is 14.8 Å². The minimum atomic E-state index is -3.75. The molecule has 0 amide bonds. The summed E-state index contributed by atoms with van der Waals surface area (Å²) in [5.74, 6) is 0. The standard InChI is InChI=1S/C13H18N2O5S/c1-10-4-5-11(15(16)17)9-13(10)21(18,19)14-7-6-12-3-2-8-20-12/h4-5,9,12,14H,2-3,6-8H2,1H3/t12-/m1/s1. The smallest absolute Gasteiger partial charge is 0.270 e. The molecule has 1 atom stereocenters. The number of hydrogen-bond acceptors (Lipinski definition) is 5. The Kier molecular flexibility index (Phi) is 4.92. The van der Waals surface area contributed by atoms with Gasteiger partial charge in [0, 0.05) is 25.3 Å². The van der Waals surface area contributed by atoms with E-state index in [2.05, 4.69) is 4.72 Å². The van der Waals surface area contributed by atoms with Gasteiger partial charge in [0.25, 0.3) is 5.69 Å². The Balaban J connectivity index is 2.07. The minimum absolute atomic E-state index is 0.0518. The maximum atomic E-state index is 12.2. The van der Waals surface area contributed by atoms with Crippen LogP contribution in [0.1, 0.15) is 24.8 Å². The van der Waals surface area contributed by atoms with Crippen molar-refractivity contribution in [2.75, 3.05) is 13.2 Å². The summed E-state index contributed by atoms with van der Waals surface area (Å²) in [6, 6.07) is 3.82. The number of nitrogens with zero attached hydrogens (tertiary/aromatic N) is 1. The molecular formula is C13H18N2O5S. The van der Waals surface area contributed by atoms with Gasteiger partial charge in [-0.1, -0.05) is 6.07 Å². The molecular weight excluding hydrogens is 296 g/mol. The number of nitro benzene ring substituents is 1. The van der Waals surface area contributed by atoms with E-state index in [1.807, 2.05) is 0 Å². The highest BCUT2D eigenvalue weighted by Crippen LogP contribution is 2.22. The molecule has 1 fully saturated rings. The van der Waals surface area contributed by atoms with Gasteiger partial charge in [-0.15, -0.1) is 0 Å². The van der Waals surface area contributed by atoms with Crippen molar-refractivity contribution in [3.63, 3.8) is 0 Å². The third-order valence-corrected chi connectivity index (χ3v) is 5.06. The number of nitrogens with one attached hydrogen (secondary N) is 1. The van der Waals surface area contributed by atoms with Gasteiger partial charge in [-0.2, -0.15) is 0 Å². The van der Waals surface area contributed by atoms with Gasteiger partial charge in [-0.25, -0.2) is 13.1 Å². The second-order valence-corrected chi connectivity index (χ2v) is 6.76. The van der Waals surface area contributed by atoms with Crippen molar-refractivity contribution in [3.05, 3.63) is 33.9 Å². The van der Waals surface area contributed by atoms with Gasteiger partial charge in [0.2, 0.25) is 10.0 Å². The Bertz CT molecular complexity index is 623. The summed E-state index contributed by atoms with van der Waals surface area (Å²) in [6.45, 7) is 2.59. The summed E-state index contributed by atoms with van der Waals surface area (Å²) >= 11 is 0. The van der Waals surface area contributed by atoms with Gasteiger partial charge < -0.3 is 4.74 Å². The molecule has 116 valence electrons. The van der Waals surface area contributed by atoms with E-state index in [0.29, 0.717) is 12.0 Å². The van der Waals surface area contributed by atoms with Crippen LogP contribution in [0.3, 0.4) is 0 Å². The lowest BCUT2D eigenvalue weighted by molar-refractivity contribution is -0.385. The molecule has 1 aromatic carbocycles. The molecule has 2 rings (SSSR count). The van der Waals surface area contributed by atoms with Crippen LogP contribution in [0.2, 0.25) is 0 Å². The number of benzene rings is 1. The fourth-order valence-corrected chi connectivity index (χ4v) is 3.61. The fourth-order valence-electron chi connectivity index (χ4n) is 2.30. The zero-order chi connectivity index (χ0) is 15.5. The number of nitro groups is 1. The predicted molar refractivity (Wildman–Crippen MR) is 76.6 cm³/mol. The molecule has 0 unspecified atom stereocenters. The van der Waals surface area contributed by atoms with Crippen molar-refractivity contribution in [1.82, 2.24) is 4.72 Å². The zero-order valence-electron chi connectivity index (χ0n) is 11.7. The number of aryl methyl sites for hydroxylation is 1. The number of rotatable bonds is 6. The monoisotopic (exact) mass is 314 g/mol. The first-order valence-electron chi connectivity index (χ1n) is 6.76. The first kappa shape index (κ1) is 15.9. The van der Waals surface area contributed by atoms with Crippen LogP contribution in [-0.4, -0.2) is 32.6 Å². The number of sulfonamides is 1. The second-order valence-electron chi connectivity index (χ2n) is 5.03.